The van der Waals surface area contributed by atoms with Crippen molar-refractivity contribution < 1.29 is 4.58 Å². The van der Waals surface area contributed by atoms with Gasteiger partial charge in [0.05, 0.1) is 0 Å². The average molecular weight is 130 g/mol. The van der Waals surface area contributed by atoms with Gasteiger partial charge in [0.15, 0.2) is 6.54 Å². The molecule has 0 aromatic carbocycles. The molecule has 0 aromatic rings. The van der Waals surface area contributed by atoms with Gasteiger partial charge >= 0.3 is 0 Å². The van der Waals surface area contributed by atoms with Crippen molar-refractivity contribution in [3.63, 3.8) is 0 Å². The predicted molar refractivity (Wildman–Crippen MR) is 40.9 cm³/mol. The van der Waals surface area contributed by atoms with E-state index in [1.165, 1.54) is 0 Å². The van der Waals surface area contributed by atoms with Crippen molar-refractivity contribution in [2.45, 2.75) is 6.92 Å². The highest BCUT2D eigenvalue weighted by Gasteiger charge is 1.91. The molecule has 0 saturated carbocycles. The average Bonchev–Trinajstić information content (AvgIpc) is 1.65. The van der Waals surface area contributed by atoms with Crippen LogP contribution >= 0.6 is 12.6 Å². The summed E-state index contributed by atoms with van der Waals surface area (Å²) in [6, 6.07) is 0. The fourth-order valence-electron chi connectivity index (χ4n) is 0.379. The monoisotopic (exact) mass is 130 g/mol. The minimum Gasteiger partial charge on any atom is -0.238 e. The summed E-state index contributed by atoms with van der Waals surface area (Å²) in [6.45, 7) is 6.46. The summed E-state index contributed by atoms with van der Waals surface area (Å²) >= 11 is 4.04. The Kier molecular flexibility index (Phi) is 3.61. The molecule has 0 fully saturated rings. The van der Waals surface area contributed by atoms with E-state index >= 15 is 0 Å². The largest absolute Gasteiger partial charge is 0.238 e. The third-order valence-corrected chi connectivity index (χ3v) is 1.01. The molecule has 0 aliphatic heterocycles. The maximum atomic E-state index is 4.04. The molecule has 0 bridgehead atoms. The fraction of sp³-hybridized carbons (Fsp3) is 0.500. The number of thiol groups is 1. The molecule has 0 radical (unpaired) electrons. The number of hydrogen-bond donors (Lipinski definition) is 1. The lowest BCUT2D eigenvalue weighted by Gasteiger charge is -1.91. The minimum absolute atomic E-state index is 0.833. The molecular weight excluding hydrogens is 118 g/mol. The van der Waals surface area contributed by atoms with Gasteiger partial charge < -0.3 is 0 Å². The van der Waals surface area contributed by atoms with Crippen molar-refractivity contribution >= 4 is 18.8 Å². The van der Waals surface area contributed by atoms with Gasteiger partial charge in [-0.25, -0.2) is 4.58 Å². The van der Waals surface area contributed by atoms with Crippen molar-refractivity contribution in [1.29, 1.82) is 0 Å². The molecule has 0 amide bonds. The van der Waals surface area contributed by atoms with E-state index in [-0.39, 0.29) is 0 Å². The molecule has 0 aliphatic carbocycles. The van der Waals surface area contributed by atoms with E-state index in [1.807, 2.05) is 24.8 Å². The standard InChI is InChI=1S/C6H11NS/c1-4-7(3)5-6(2)8/h4H,2,5H2,1,3H3/p+1. The SMILES string of the molecule is C=C(S)C[N+](C)=CC. The van der Waals surface area contributed by atoms with E-state index in [9.17, 15) is 0 Å². The van der Waals surface area contributed by atoms with Crippen LogP contribution in [0.4, 0.5) is 0 Å². The van der Waals surface area contributed by atoms with Gasteiger partial charge in [-0.05, 0) is 0 Å². The molecular formula is C6H12NS+. The van der Waals surface area contributed by atoms with Crippen LogP contribution < -0.4 is 0 Å². The molecule has 46 valence electrons. The third-order valence-electron chi connectivity index (χ3n) is 0.873. The Balaban J connectivity index is 3.56. The molecule has 0 atom stereocenters. The normalized spacial score (nSPS) is 11.6. The van der Waals surface area contributed by atoms with Gasteiger partial charge in [-0.3, -0.25) is 0 Å². The molecule has 0 heterocycles. The molecule has 0 aliphatic rings. The number of likely N-dealkylation sites (N-methyl/N-ethyl adjacent to an activating group) is 1. The molecule has 0 rings (SSSR count). The van der Waals surface area contributed by atoms with Gasteiger partial charge in [-0.2, -0.15) is 0 Å². The molecule has 0 aromatic heterocycles. The molecule has 1 nitrogen and oxygen atoms in total. The third kappa shape index (κ3) is 3.93. The highest BCUT2D eigenvalue weighted by Crippen LogP contribution is 1.92. The van der Waals surface area contributed by atoms with Crippen molar-refractivity contribution in [2.75, 3.05) is 13.6 Å². The van der Waals surface area contributed by atoms with Gasteiger partial charge in [0.25, 0.3) is 0 Å². The predicted octanol–water partition coefficient (Wildman–Crippen LogP) is 1.16. The molecule has 0 saturated heterocycles. The molecule has 8 heavy (non-hydrogen) atoms. The molecule has 0 N–H and O–H groups in total. The van der Waals surface area contributed by atoms with Crippen LogP contribution in [-0.4, -0.2) is 24.4 Å². The summed E-state index contributed by atoms with van der Waals surface area (Å²) in [6.07, 6.45) is 1.99. The second-order valence-corrected chi connectivity index (χ2v) is 2.37. The zero-order valence-corrected chi connectivity index (χ0v) is 6.28. The quantitative estimate of drug-likeness (QED) is 0.324. The van der Waals surface area contributed by atoms with Crippen LogP contribution in [0, 0.1) is 0 Å². The maximum Gasteiger partial charge on any atom is 0.172 e. The van der Waals surface area contributed by atoms with E-state index in [1.54, 1.807) is 0 Å². The Morgan fingerprint density at radius 3 is 2.50 bits per heavy atom. The first kappa shape index (κ1) is 7.76. The van der Waals surface area contributed by atoms with Gasteiger partial charge in [-0.1, -0.05) is 6.58 Å². The van der Waals surface area contributed by atoms with Gasteiger partial charge in [-0.15, -0.1) is 12.6 Å². The van der Waals surface area contributed by atoms with Gasteiger partial charge in [0, 0.05) is 11.8 Å². The van der Waals surface area contributed by atoms with E-state index in [2.05, 4.69) is 19.2 Å². The molecule has 0 unspecified atom stereocenters. The van der Waals surface area contributed by atoms with E-state index in [4.69, 9.17) is 0 Å². The van der Waals surface area contributed by atoms with Crippen molar-refractivity contribution in [3.05, 3.63) is 11.5 Å². The van der Waals surface area contributed by atoms with Crippen LogP contribution in [0.3, 0.4) is 0 Å². The first-order chi connectivity index (χ1) is 3.66. The Bertz CT molecular complexity index is 116. The van der Waals surface area contributed by atoms with Crippen molar-refractivity contribution in [2.24, 2.45) is 0 Å². The van der Waals surface area contributed by atoms with Crippen LogP contribution in [0.5, 0.6) is 0 Å². The maximum absolute atomic E-state index is 4.04. The van der Waals surface area contributed by atoms with Crippen LogP contribution in [0.25, 0.3) is 0 Å². The van der Waals surface area contributed by atoms with Crippen LogP contribution in [0.15, 0.2) is 11.5 Å². The van der Waals surface area contributed by atoms with Crippen LogP contribution in [-0.2, 0) is 0 Å². The van der Waals surface area contributed by atoms with Crippen molar-refractivity contribution in [1.82, 2.24) is 0 Å². The smallest absolute Gasteiger partial charge is 0.172 e. The topological polar surface area (TPSA) is 3.01 Å². The number of rotatable bonds is 2. The lowest BCUT2D eigenvalue weighted by Crippen LogP contribution is -2.06. The highest BCUT2D eigenvalue weighted by molar-refractivity contribution is 7.84. The van der Waals surface area contributed by atoms with Gasteiger partial charge in [0.1, 0.15) is 13.3 Å². The van der Waals surface area contributed by atoms with E-state index < -0.39 is 0 Å². The zero-order chi connectivity index (χ0) is 6.57. The highest BCUT2D eigenvalue weighted by atomic mass is 32.1. The second kappa shape index (κ2) is 3.72. The second-order valence-electron chi connectivity index (χ2n) is 1.74. The van der Waals surface area contributed by atoms with Crippen molar-refractivity contribution in [3.8, 4) is 0 Å². The summed E-state index contributed by atoms with van der Waals surface area (Å²) in [5.41, 5.74) is 0. The van der Waals surface area contributed by atoms with Crippen LogP contribution in [0.2, 0.25) is 0 Å². The first-order valence-electron chi connectivity index (χ1n) is 2.53. The lowest BCUT2D eigenvalue weighted by atomic mass is 10.6. The number of hydrogen-bond acceptors (Lipinski definition) is 1. The summed E-state index contributed by atoms with van der Waals surface area (Å²) in [5.74, 6) is 0. The Hall–Kier alpha value is -0.240. The fourth-order valence-corrected chi connectivity index (χ4v) is 0.602. The van der Waals surface area contributed by atoms with Gasteiger partial charge in [0.2, 0.25) is 0 Å². The summed E-state index contributed by atoms with van der Waals surface area (Å²) in [5, 5.41) is 0. The van der Waals surface area contributed by atoms with E-state index in [0.29, 0.717) is 0 Å². The lowest BCUT2D eigenvalue weighted by molar-refractivity contribution is -0.482. The summed E-state index contributed by atoms with van der Waals surface area (Å²) in [4.78, 5) is 0.894. The summed E-state index contributed by atoms with van der Waals surface area (Å²) in [7, 11) is 1.99. The summed E-state index contributed by atoms with van der Waals surface area (Å²) < 4.78 is 2.02. The van der Waals surface area contributed by atoms with Crippen LogP contribution in [0.1, 0.15) is 6.92 Å². The minimum atomic E-state index is 0.833. The molecule has 2 heteroatoms. The zero-order valence-electron chi connectivity index (χ0n) is 5.39. The Morgan fingerprint density at radius 2 is 2.38 bits per heavy atom. The Labute approximate surface area is 56.1 Å². The molecule has 0 spiro atoms. The van der Waals surface area contributed by atoms with E-state index in [0.717, 1.165) is 11.4 Å². The first-order valence-corrected chi connectivity index (χ1v) is 2.98. The Morgan fingerprint density at radius 1 is 1.88 bits per heavy atom. The number of nitrogens with zero attached hydrogens (tertiary/aromatic N) is 1.